The number of benzene rings is 1. The fraction of sp³-hybridized carbons (Fsp3) is 0.368. The van der Waals surface area contributed by atoms with Crippen LogP contribution in [0.15, 0.2) is 36.8 Å². The van der Waals surface area contributed by atoms with Crippen molar-refractivity contribution in [3.05, 3.63) is 48.0 Å². The van der Waals surface area contributed by atoms with Crippen molar-refractivity contribution in [1.82, 2.24) is 19.5 Å². The Bertz CT molecular complexity index is 940. The lowest BCUT2D eigenvalue weighted by Crippen LogP contribution is -2.17. The first-order chi connectivity index (χ1) is 11.1. The number of fused-ring (bicyclic) bond motifs is 1. The first-order valence-corrected chi connectivity index (χ1v) is 11.7. The molecule has 0 spiro atoms. The highest BCUT2D eigenvalue weighted by Gasteiger charge is 2.23. The molecule has 0 aliphatic carbocycles. The summed E-state index contributed by atoms with van der Waals surface area (Å²) in [5, 5.41) is 4.83. The number of imidazole rings is 1. The predicted molar refractivity (Wildman–Crippen MR) is 102 cm³/mol. The highest BCUT2D eigenvalue weighted by Crippen LogP contribution is 2.24. The van der Waals surface area contributed by atoms with Crippen LogP contribution in [0.4, 0.5) is 0 Å². The van der Waals surface area contributed by atoms with E-state index in [1.165, 1.54) is 0 Å². The lowest BCUT2D eigenvalue weighted by molar-refractivity contribution is 0.521. The van der Waals surface area contributed by atoms with E-state index >= 15 is 0 Å². The molecule has 3 rings (SSSR count). The van der Waals surface area contributed by atoms with Crippen LogP contribution in [0.2, 0.25) is 19.6 Å². The van der Waals surface area contributed by atoms with Crippen LogP contribution in [-0.2, 0) is 5.41 Å². The largest absolute Gasteiger partial charge is 0.235 e. The molecular formula is C19H24N4Si. The van der Waals surface area contributed by atoms with Crippen LogP contribution in [0, 0.1) is 11.5 Å². The summed E-state index contributed by atoms with van der Waals surface area (Å²) >= 11 is 0. The van der Waals surface area contributed by atoms with Crippen LogP contribution in [0.25, 0.3) is 11.0 Å². The van der Waals surface area contributed by atoms with Crippen molar-refractivity contribution in [3.63, 3.8) is 0 Å². The minimum atomic E-state index is -1.44. The zero-order valence-corrected chi connectivity index (χ0v) is 16.3. The maximum atomic E-state index is 4.83. The third kappa shape index (κ3) is 3.29. The minimum absolute atomic E-state index is 0.0644. The Labute approximate surface area is 144 Å². The molecule has 0 radical (unpaired) electrons. The highest BCUT2D eigenvalue weighted by atomic mass is 28.3. The first kappa shape index (κ1) is 16.5. The molecule has 124 valence electrons. The molecule has 0 atom stereocenters. The summed E-state index contributed by atoms with van der Waals surface area (Å²) in [4.78, 5) is 6.31. The number of nitrogens with zero attached hydrogens (tertiary/aromatic N) is 4. The zero-order valence-electron chi connectivity index (χ0n) is 15.3. The molecule has 0 aliphatic rings. The van der Waals surface area contributed by atoms with Gasteiger partial charge in [0.25, 0.3) is 0 Å². The quantitative estimate of drug-likeness (QED) is 0.496. The SMILES string of the molecule is CC(C)(C)c1nn(-n2cnc3ccccc32)cc1C#C[Si](C)(C)C. The van der Waals surface area contributed by atoms with Crippen LogP contribution >= 0.6 is 0 Å². The van der Waals surface area contributed by atoms with Gasteiger partial charge in [0.15, 0.2) is 0 Å². The molecule has 0 saturated heterocycles. The monoisotopic (exact) mass is 336 g/mol. The molecule has 24 heavy (non-hydrogen) atoms. The molecule has 0 aliphatic heterocycles. The van der Waals surface area contributed by atoms with Gasteiger partial charge in [-0.15, -0.1) is 5.54 Å². The maximum Gasteiger partial charge on any atom is 0.129 e. The summed E-state index contributed by atoms with van der Waals surface area (Å²) in [7, 11) is -1.44. The summed E-state index contributed by atoms with van der Waals surface area (Å²) in [6.07, 6.45) is 3.82. The third-order valence-electron chi connectivity index (χ3n) is 3.64. The molecule has 2 aromatic heterocycles. The van der Waals surface area contributed by atoms with Gasteiger partial charge in [-0.1, -0.05) is 58.5 Å². The molecule has 4 nitrogen and oxygen atoms in total. The molecule has 2 heterocycles. The average molecular weight is 337 g/mol. The smallest absolute Gasteiger partial charge is 0.129 e. The predicted octanol–water partition coefficient (Wildman–Crippen LogP) is 4.07. The van der Waals surface area contributed by atoms with Crippen molar-refractivity contribution in [1.29, 1.82) is 0 Å². The average Bonchev–Trinajstić information content (AvgIpc) is 3.07. The van der Waals surface area contributed by atoms with Crippen LogP contribution in [0.1, 0.15) is 32.0 Å². The van der Waals surface area contributed by atoms with Crippen molar-refractivity contribution in [2.75, 3.05) is 0 Å². The highest BCUT2D eigenvalue weighted by molar-refractivity contribution is 6.83. The fourth-order valence-electron chi connectivity index (χ4n) is 2.48. The van der Waals surface area contributed by atoms with Crippen molar-refractivity contribution >= 4 is 19.1 Å². The van der Waals surface area contributed by atoms with Crippen LogP contribution in [-0.4, -0.2) is 27.6 Å². The number of rotatable bonds is 1. The number of hydrogen-bond acceptors (Lipinski definition) is 2. The van der Waals surface area contributed by atoms with Gasteiger partial charge in [0.1, 0.15) is 14.4 Å². The van der Waals surface area contributed by atoms with Crippen molar-refractivity contribution in [2.24, 2.45) is 0 Å². The lowest BCUT2D eigenvalue weighted by Gasteiger charge is -2.15. The minimum Gasteiger partial charge on any atom is -0.235 e. The van der Waals surface area contributed by atoms with E-state index in [-0.39, 0.29) is 5.41 Å². The van der Waals surface area contributed by atoms with E-state index < -0.39 is 8.07 Å². The molecule has 3 aromatic rings. The molecule has 1 aromatic carbocycles. The summed E-state index contributed by atoms with van der Waals surface area (Å²) in [5.74, 6) is 3.38. The van der Waals surface area contributed by atoms with Crippen molar-refractivity contribution in [3.8, 4) is 11.5 Å². The Morgan fingerprint density at radius 2 is 1.79 bits per heavy atom. The van der Waals surface area contributed by atoms with E-state index in [2.05, 4.69) is 56.9 Å². The number of hydrogen-bond donors (Lipinski definition) is 0. The molecule has 0 amide bonds. The van der Waals surface area contributed by atoms with Gasteiger partial charge in [0.2, 0.25) is 0 Å². The summed E-state index contributed by atoms with van der Waals surface area (Å²) in [6, 6.07) is 8.06. The third-order valence-corrected chi connectivity index (χ3v) is 4.52. The number of para-hydroxylation sites is 2. The normalized spacial score (nSPS) is 12.2. The summed E-state index contributed by atoms with van der Waals surface area (Å²) in [5.41, 5.74) is 7.41. The van der Waals surface area contributed by atoms with Gasteiger partial charge in [0.05, 0.1) is 28.5 Å². The molecule has 0 N–H and O–H groups in total. The Balaban J connectivity index is 2.16. The first-order valence-electron chi connectivity index (χ1n) is 8.21. The molecule has 0 bridgehead atoms. The van der Waals surface area contributed by atoms with E-state index in [9.17, 15) is 0 Å². The van der Waals surface area contributed by atoms with Crippen LogP contribution in [0.5, 0.6) is 0 Å². The second-order valence-electron chi connectivity index (χ2n) is 8.14. The molecule has 0 fully saturated rings. The van der Waals surface area contributed by atoms with E-state index in [4.69, 9.17) is 5.10 Å². The Hall–Kier alpha value is -2.32. The Morgan fingerprint density at radius 3 is 2.46 bits per heavy atom. The molecule has 0 unspecified atom stereocenters. The van der Waals surface area contributed by atoms with Crippen molar-refractivity contribution < 1.29 is 0 Å². The van der Waals surface area contributed by atoms with Gasteiger partial charge >= 0.3 is 0 Å². The van der Waals surface area contributed by atoms with Gasteiger partial charge < -0.3 is 0 Å². The van der Waals surface area contributed by atoms with Crippen LogP contribution < -0.4 is 0 Å². The second-order valence-corrected chi connectivity index (χ2v) is 12.9. The molecule has 5 heteroatoms. The van der Waals surface area contributed by atoms with Gasteiger partial charge in [-0.3, -0.25) is 0 Å². The molecule has 0 saturated carbocycles. The van der Waals surface area contributed by atoms with E-state index in [0.29, 0.717) is 0 Å². The van der Waals surface area contributed by atoms with Gasteiger partial charge in [-0.2, -0.15) is 9.89 Å². The lowest BCUT2D eigenvalue weighted by atomic mass is 9.90. The summed E-state index contributed by atoms with van der Waals surface area (Å²) < 4.78 is 1.96. The second kappa shape index (κ2) is 5.64. The molecular weight excluding hydrogens is 312 g/mol. The Kier molecular flexibility index (Phi) is 3.88. The standard InChI is InChI=1S/C19H24N4Si/c1-19(2,3)18-15(11-12-24(4,5)6)13-23(21-18)22-14-20-16-9-7-8-10-17(16)22/h7-10,13-14H,1-6H3. The zero-order chi connectivity index (χ0) is 17.5. The summed E-state index contributed by atoms with van der Waals surface area (Å²) in [6.45, 7) is 13.3. The Morgan fingerprint density at radius 1 is 1.08 bits per heavy atom. The van der Waals surface area contributed by atoms with Crippen molar-refractivity contribution in [2.45, 2.75) is 45.8 Å². The van der Waals surface area contributed by atoms with E-state index in [1.54, 1.807) is 6.33 Å². The van der Waals surface area contributed by atoms with E-state index in [0.717, 1.165) is 22.3 Å². The van der Waals surface area contributed by atoms with Gasteiger partial charge in [-0.05, 0) is 12.1 Å². The van der Waals surface area contributed by atoms with Crippen LogP contribution in [0.3, 0.4) is 0 Å². The van der Waals surface area contributed by atoms with Gasteiger partial charge in [-0.25, -0.2) is 9.66 Å². The fourth-order valence-corrected chi connectivity index (χ4v) is 2.99. The maximum absolute atomic E-state index is 4.83. The van der Waals surface area contributed by atoms with Gasteiger partial charge in [0, 0.05) is 5.41 Å². The van der Waals surface area contributed by atoms with E-state index in [1.807, 2.05) is 39.9 Å². The topological polar surface area (TPSA) is 35.6 Å². The number of aromatic nitrogens is 4.